The van der Waals surface area contributed by atoms with Gasteiger partial charge in [0.05, 0.1) is 6.20 Å². The van der Waals surface area contributed by atoms with Crippen LogP contribution in [0.25, 0.3) is 0 Å². The number of aliphatic hydroxyl groups is 1. The van der Waals surface area contributed by atoms with Gasteiger partial charge in [0.25, 0.3) is 0 Å². The van der Waals surface area contributed by atoms with Crippen molar-refractivity contribution in [2.24, 2.45) is 5.73 Å². The molecule has 2 unspecified atom stereocenters. The third kappa shape index (κ3) is 2.13. The molecule has 0 spiro atoms. The molecule has 0 aromatic carbocycles. The van der Waals surface area contributed by atoms with E-state index in [0.717, 1.165) is 0 Å². The summed E-state index contributed by atoms with van der Waals surface area (Å²) in [5, 5.41) is 9.95. The fraction of sp³-hybridized carbons (Fsp3) is 0.500. The maximum Gasteiger partial charge on any atom is 0.124 e. The van der Waals surface area contributed by atoms with Crippen molar-refractivity contribution in [3.05, 3.63) is 15.5 Å². The Labute approximate surface area is 73.8 Å². The van der Waals surface area contributed by atoms with Crippen LogP contribution in [0.4, 0.5) is 0 Å². The van der Waals surface area contributed by atoms with E-state index in [-0.39, 0.29) is 6.04 Å². The number of halogens is 1. The highest BCUT2D eigenvalue weighted by atomic mass is 35.5. The Morgan fingerprint density at radius 3 is 2.82 bits per heavy atom. The number of nitrogens with zero attached hydrogens (tertiary/aromatic N) is 1. The van der Waals surface area contributed by atoms with Gasteiger partial charge in [0.2, 0.25) is 0 Å². The molecule has 3 N–H and O–H groups in total. The van der Waals surface area contributed by atoms with Gasteiger partial charge < -0.3 is 10.8 Å². The summed E-state index contributed by atoms with van der Waals surface area (Å²) in [7, 11) is 0. The van der Waals surface area contributed by atoms with E-state index < -0.39 is 6.10 Å². The lowest BCUT2D eigenvalue weighted by Crippen LogP contribution is -2.24. The predicted octanol–water partition coefficient (Wildman–Crippen LogP) is 1.18. The highest BCUT2D eigenvalue weighted by Gasteiger charge is 2.15. The van der Waals surface area contributed by atoms with Crippen LogP contribution < -0.4 is 5.73 Å². The van der Waals surface area contributed by atoms with Crippen LogP contribution in [0.3, 0.4) is 0 Å². The molecule has 5 heteroatoms. The summed E-state index contributed by atoms with van der Waals surface area (Å²) in [5.41, 5.74) is 5.45. The molecule has 0 bridgehead atoms. The van der Waals surface area contributed by atoms with Crippen LogP contribution in [0.1, 0.15) is 18.0 Å². The molecule has 62 valence electrons. The van der Waals surface area contributed by atoms with Gasteiger partial charge in [-0.25, -0.2) is 4.98 Å². The predicted molar refractivity (Wildman–Crippen MR) is 45.7 cm³/mol. The first-order valence-electron chi connectivity index (χ1n) is 3.16. The molecule has 0 radical (unpaired) electrons. The van der Waals surface area contributed by atoms with E-state index in [1.807, 2.05) is 0 Å². The summed E-state index contributed by atoms with van der Waals surface area (Å²) >= 11 is 6.86. The van der Waals surface area contributed by atoms with Crippen molar-refractivity contribution >= 4 is 22.9 Å². The van der Waals surface area contributed by atoms with Crippen LogP contribution in [-0.2, 0) is 0 Å². The van der Waals surface area contributed by atoms with Crippen molar-refractivity contribution in [2.75, 3.05) is 0 Å². The number of rotatable bonds is 2. The van der Waals surface area contributed by atoms with Gasteiger partial charge in [0, 0.05) is 6.04 Å². The summed E-state index contributed by atoms with van der Waals surface area (Å²) < 4.78 is 0.569. The molecule has 1 aromatic heterocycles. The molecule has 0 aliphatic carbocycles. The molecule has 0 amide bonds. The van der Waals surface area contributed by atoms with Gasteiger partial charge in [-0.15, -0.1) is 11.3 Å². The molecule has 1 heterocycles. The number of thiazole rings is 1. The monoisotopic (exact) mass is 192 g/mol. The second-order valence-electron chi connectivity index (χ2n) is 2.31. The Balaban J connectivity index is 2.76. The van der Waals surface area contributed by atoms with Crippen molar-refractivity contribution in [3.63, 3.8) is 0 Å². The highest BCUT2D eigenvalue weighted by Crippen LogP contribution is 2.24. The molecule has 1 rings (SSSR count). The molecular formula is C6H9ClN2OS. The van der Waals surface area contributed by atoms with Gasteiger partial charge in [0.1, 0.15) is 15.4 Å². The zero-order valence-electron chi connectivity index (χ0n) is 5.99. The molecule has 1 aromatic rings. The average molecular weight is 193 g/mol. The quantitative estimate of drug-likeness (QED) is 0.740. The molecular weight excluding hydrogens is 184 g/mol. The molecule has 11 heavy (non-hydrogen) atoms. The zero-order chi connectivity index (χ0) is 8.43. The van der Waals surface area contributed by atoms with E-state index in [1.54, 1.807) is 6.92 Å². The normalized spacial score (nSPS) is 16.4. The van der Waals surface area contributed by atoms with Crippen molar-refractivity contribution in [1.29, 1.82) is 0 Å². The van der Waals surface area contributed by atoms with Crippen LogP contribution in [0, 0.1) is 0 Å². The number of aromatic nitrogens is 1. The fourth-order valence-electron chi connectivity index (χ4n) is 0.629. The Bertz CT molecular complexity index is 238. The second kappa shape index (κ2) is 3.49. The van der Waals surface area contributed by atoms with Crippen molar-refractivity contribution < 1.29 is 5.11 Å². The Morgan fingerprint density at radius 2 is 2.45 bits per heavy atom. The first-order valence-corrected chi connectivity index (χ1v) is 4.35. The Hall–Kier alpha value is -0.160. The average Bonchev–Trinajstić information content (AvgIpc) is 2.34. The number of nitrogens with two attached hydrogens (primary N) is 1. The fourth-order valence-corrected chi connectivity index (χ4v) is 1.66. The lowest BCUT2D eigenvalue weighted by Gasteiger charge is -2.09. The van der Waals surface area contributed by atoms with Gasteiger partial charge >= 0.3 is 0 Å². The first kappa shape index (κ1) is 8.93. The highest BCUT2D eigenvalue weighted by molar-refractivity contribution is 7.15. The SMILES string of the molecule is CC(N)C(O)c1ncc(Cl)s1. The third-order valence-electron chi connectivity index (χ3n) is 1.25. The molecule has 0 saturated heterocycles. The van der Waals surface area contributed by atoms with Crippen molar-refractivity contribution in [2.45, 2.75) is 19.1 Å². The summed E-state index contributed by atoms with van der Waals surface area (Å²) in [6.07, 6.45) is 0.806. The van der Waals surface area contributed by atoms with Crippen LogP contribution in [0.5, 0.6) is 0 Å². The minimum absolute atomic E-state index is 0.308. The summed E-state index contributed by atoms with van der Waals surface area (Å²) in [6, 6.07) is -0.308. The van der Waals surface area contributed by atoms with Gasteiger partial charge in [0.15, 0.2) is 0 Å². The molecule has 2 atom stereocenters. The zero-order valence-corrected chi connectivity index (χ0v) is 7.56. The molecule has 0 saturated carbocycles. The Morgan fingerprint density at radius 1 is 1.82 bits per heavy atom. The number of hydrogen-bond donors (Lipinski definition) is 2. The lowest BCUT2D eigenvalue weighted by atomic mass is 10.2. The maximum atomic E-state index is 9.38. The summed E-state index contributed by atoms with van der Waals surface area (Å²) in [6.45, 7) is 1.72. The van der Waals surface area contributed by atoms with Crippen molar-refractivity contribution in [3.8, 4) is 0 Å². The van der Waals surface area contributed by atoms with E-state index in [4.69, 9.17) is 17.3 Å². The Kier molecular flexibility index (Phi) is 2.84. The summed E-state index contributed by atoms with van der Waals surface area (Å²) in [5.74, 6) is 0. The van der Waals surface area contributed by atoms with Crippen LogP contribution in [-0.4, -0.2) is 16.1 Å². The van der Waals surface area contributed by atoms with E-state index >= 15 is 0 Å². The standard InChI is InChI=1S/C6H9ClN2OS/c1-3(8)5(10)6-9-2-4(7)11-6/h2-3,5,10H,8H2,1H3. The van der Waals surface area contributed by atoms with E-state index in [9.17, 15) is 5.11 Å². The molecule has 0 aliphatic heterocycles. The maximum absolute atomic E-state index is 9.38. The van der Waals surface area contributed by atoms with Crippen LogP contribution in [0.15, 0.2) is 6.20 Å². The number of hydrogen-bond acceptors (Lipinski definition) is 4. The summed E-state index contributed by atoms with van der Waals surface area (Å²) in [4.78, 5) is 3.89. The molecule has 0 fully saturated rings. The second-order valence-corrected chi connectivity index (χ2v) is 4.00. The van der Waals surface area contributed by atoms with Crippen LogP contribution in [0.2, 0.25) is 4.34 Å². The minimum atomic E-state index is -0.701. The van der Waals surface area contributed by atoms with Gasteiger partial charge in [-0.3, -0.25) is 0 Å². The molecule has 3 nitrogen and oxygen atoms in total. The van der Waals surface area contributed by atoms with Gasteiger partial charge in [-0.1, -0.05) is 11.6 Å². The van der Waals surface area contributed by atoms with E-state index in [1.165, 1.54) is 17.5 Å². The smallest absolute Gasteiger partial charge is 0.124 e. The topological polar surface area (TPSA) is 59.1 Å². The number of aliphatic hydroxyl groups excluding tert-OH is 1. The van der Waals surface area contributed by atoms with Crippen LogP contribution >= 0.6 is 22.9 Å². The molecule has 0 aliphatic rings. The minimum Gasteiger partial charge on any atom is -0.384 e. The van der Waals surface area contributed by atoms with E-state index in [0.29, 0.717) is 9.34 Å². The van der Waals surface area contributed by atoms with Gasteiger partial charge in [-0.2, -0.15) is 0 Å². The third-order valence-corrected chi connectivity index (χ3v) is 2.43. The van der Waals surface area contributed by atoms with Crippen molar-refractivity contribution in [1.82, 2.24) is 4.98 Å². The first-order chi connectivity index (χ1) is 5.11. The lowest BCUT2D eigenvalue weighted by molar-refractivity contribution is 0.153. The van der Waals surface area contributed by atoms with E-state index in [2.05, 4.69) is 4.98 Å². The van der Waals surface area contributed by atoms with Gasteiger partial charge in [-0.05, 0) is 6.92 Å². The largest absolute Gasteiger partial charge is 0.384 e.